The zero-order chi connectivity index (χ0) is 19.5. The number of piperidine rings is 1. The molecule has 1 atom stereocenters. The highest BCUT2D eigenvalue weighted by molar-refractivity contribution is 5.78. The van der Waals surface area contributed by atoms with Gasteiger partial charge in [-0.15, -0.1) is 0 Å². The van der Waals surface area contributed by atoms with Crippen molar-refractivity contribution in [2.45, 2.75) is 25.7 Å². The second-order valence-corrected chi connectivity index (χ2v) is 6.99. The van der Waals surface area contributed by atoms with E-state index < -0.39 is 0 Å². The SMILES string of the molecule is COc1cc(C)ccc1OCC(=O)N1CCCC(c2[nH]nc3nccnc23)C1. The summed E-state index contributed by atoms with van der Waals surface area (Å²) < 4.78 is 11.1. The summed E-state index contributed by atoms with van der Waals surface area (Å²) in [6.07, 6.45) is 5.19. The van der Waals surface area contributed by atoms with Crippen LogP contribution in [0, 0.1) is 6.92 Å². The summed E-state index contributed by atoms with van der Waals surface area (Å²) in [6, 6.07) is 5.65. The normalized spacial score (nSPS) is 16.9. The van der Waals surface area contributed by atoms with Crippen LogP contribution in [0.3, 0.4) is 0 Å². The zero-order valence-corrected chi connectivity index (χ0v) is 16.0. The number of ether oxygens (including phenoxy) is 2. The molecule has 0 bridgehead atoms. The first kappa shape index (κ1) is 18.2. The maximum atomic E-state index is 12.7. The van der Waals surface area contributed by atoms with Gasteiger partial charge in [-0.3, -0.25) is 9.89 Å². The van der Waals surface area contributed by atoms with E-state index in [2.05, 4.69) is 20.2 Å². The molecule has 8 nitrogen and oxygen atoms in total. The molecule has 0 radical (unpaired) electrons. The molecule has 1 aliphatic heterocycles. The topological polar surface area (TPSA) is 93.2 Å². The number of carbonyl (C=O) groups is 1. The molecule has 3 aromatic rings. The summed E-state index contributed by atoms with van der Waals surface area (Å²) in [4.78, 5) is 23.2. The third-order valence-electron chi connectivity index (χ3n) is 5.07. The first-order valence-electron chi connectivity index (χ1n) is 9.36. The van der Waals surface area contributed by atoms with Gasteiger partial charge in [0.05, 0.1) is 12.8 Å². The quantitative estimate of drug-likeness (QED) is 0.730. The molecule has 8 heteroatoms. The van der Waals surface area contributed by atoms with Crippen molar-refractivity contribution in [2.24, 2.45) is 0 Å². The van der Waals surface area contributed by atoms with Crippen LogP contribution in [0.4, 0.5) is 0 Å². The van der Waals surface area contributed by atoms with Gasteiger partial charge >= 0.3 is 0 Å². The van der Waals surface area contributed by atoms with Gasteiger partial charge in [-0.1, -0.05) is 6.07 Å². The molecule has 2 aromatic heterocycles. The number of methoxy groups -OCH3 is 1. The number of benzene rings is 1. The highest BCUT2D eigenvalue weighted by Crippen LogP contribution is 2.30. The Morgan fingerprint density at radius 1 is 1.29 bits per heavy atom. The molecule has 0 spiro atoms. The van der Waals surface area contributed by atoms with E-state index in [0.29, 0.717) is 23.7 Å². The highest BCUT2D eigenvalue weighted by atomic mass is 16.5. The summed E-state index contributed by atoms with van der Waals surface area (Å²) in [6.45, 7) is 3.30. The number of likely N-dealkylation sites (tertiary alicyclic amines) is 1. The smallest absolute Gasteiger partial charge is 0.260 e. The zero-order valence-electron chi connectivity index (χ0n) is 16.0. The average Bonchev–Trinajstić information content (AvgIpc) is 3.17. The minimum Gasteiger partial charge on any atom is -0.493 e. The van der Waals surface area contributed by atoms with Crippen molar-refractivity contribution in [1.29, 1.82) is 0 Å². The van der Waals surface area contributed by atoms with E-state index >= 15 is 0 Å². The van der Waals surface area contributed by atoms with E-state index in [1.807, 2.05) is 30.0 Å². The number of aromatic amines is 1. The number of rotatable bonds is 5. The predicted molar refractivity (Wildman–Crippen MR) is 103 cm³/mol. The van der Waals surface area contributed by atoms with Crippen molar-refractivity contribution in [2.75, 3.05) is 26.8 Å². The minimum absolute atomic E-state index is 0.0182. The van der Waals surface area contributed by atoms with Crippen LogP contribution in [-0.2, 0) is 4.79 Å². The number of fused-ring (bicyclic) bond motifs is 1. The van der Waals surface area contributed by atoms with E-state index in [1.165, 1.54) is 0 Å². The standard InChI is InChI=1S/C20H23N5O3/c1-13-5-6-15(16(10-13)27-2)28-12-17(26)25-9-3-4-14(11-25)18-19-20(24-23-18)22-8-7-21-19/h5-8,10,14H,3-4,9,11-12H2,1-2H3,(H,22,23,24). The molecule has 1 fully saturated rings. The summed E-state index contributed by atoms with van der Waals surface area (Å²) in [5, 5.41) is 7.29. The van der Waals surface area contributed by atoms with Gasteiger partial charge in [0.25, 0.3) is 5.91 Å². The number of nitrogens with zero attached hydrogens (tertiary/aromatic N) is 4. The van der Waals surface area contributed by atoms with Crippen LogP contribution >= 0.6 is 0 Å². The largest absolute Gasteiger partial charge is 0.493 e. The molecule has 0 aliphatic carbocycles. The van der Waals surface area contributed by atoms with Crippen LogP contribution in [0.15, 0.2) is 30.6 Å². The fraction of sp³-hybridized carbons (Fsp3) is 0.400. The van der Waals surface area contributed by atoms with Crippen LogP contribution in [0.1, 0.15) is 30.0 Å². The van der Waals surface area contributed by atoms with E-state index in [4.69, 9.17) is 9.47 Å². The van der Waals surface area contributed by atoms with Crippen LogP contribution < -0.4 is 9.47 Å². The van der Waals surface area contributed by atoms with Crippen LogP contribution in [0.5, 0.6) is 11.5 Å². The second kappa shape index (κ2) is 7.84. The first-order chi connectivity index (χ1) is 13.7. The number of aromatic nitrogens is 4. The molecule has 146 valence electrons. The third kappa shape index (κ3) is 3.62. The highest BCUT2D eigenvalue weighted by Gasteiger charge is 2.28. The lowest BCUT2D eigenvalue weighted by Gasteiger charge is -2.32. The van der Waals surface area contributed by atoms with Gasteiger partial charge in [0.15, 0.2) is 23.8 Å². The molecule has 1 saturated heterocycles. The molecule has 3 heterocycles. The Hall–Kier alpha value is -3.16. The van der Waals surface area contributed by atoms with E-state index in [9.17, 15) is 4.79 Å². The monoisotopic (exact) mass is 381 g/mol. The number of carbonyl (C=O) groups excluding carboxylic acids is 1. The molecule has 0 saturated carbocycles. The van der Waals surface area contributed by atoms with E-state index in [-0.39, 0.29) is 18.4 Å². The molecular weight excluding hydrogens is 358 g/mol. The lowest BCUT2D eigenvalue weighted by molar-refractivity contribution is -0.134. The molecular formula is C20H23N5O3. The lowest BCUT2D eigenvalue weighted by Crippen LogP contribution is -2.41. The molecule has 1 aromatic carbocycles. The maximum Gasteiger partial charge on any atom is 0.260 e. The van der Waals surface area contributed by atoms with Gasteiger partial charge in [0, 0.05) is 31.4 Å². The Morgan fingerprint density at radius 3 is 3.00 bits per heavy atom. The number of amides is 1. The van der Waals surface area contributed by atoms with Crippen LogP contribution in [-0.4, -0.2) is 57.8 Å². The Kier molecular flexibility index (Phi) is 5.10. The van der Waals surface area contributed by atoms with Gasteiger partial charge < -0.3 is 14.4 Å². The molecule has 1 amide bonds. The van der Waals surface area contributed by atoms with Crippen molar-refractivity contribution in [3.63, 3.8) is 0 Å². The van der Waals surface area contributed by atoms with Crippen molar-refractivity contribution in [3.05, 3.63) is 41.9 Å². The Labute approximate surface area is 162 Å². The lowest BCUT2D eigenvalue weighted by atomic mass is 9.94. The van der Waals surface area contributed by atoms with Gasteiger partial charge in [-0.05, 0) is 37.5 Å². The Balaban J connectivity index is 1.42. The second-order valence-electron chi connectivity index (χ2n) is 6.99. The van der Waals surface area contributed by atoms with E-state index in [0.717, 1.165) is 36.2 Å². The Bertz CT molecular complexity index is 987. The summed E-state index contributed by atoms with van der Waals surface area (Å²) in [5.41, 5.74) is 3.41. The summed E-state index contributed by atoms with van der Waals surface area (Å²) >= 11 is 0. The molecule has 28 heavy (non-hydrogen) atoms. The average molecular weight is 381 g/mol. The van der Waals surface area contributed by atoms with E-state index in [1.54, 1.807) is 19.5 Å². The number of aryl methyl sites for hydroxylation is 1. The number of H-pyrrole nitrogens is 1. The summed E-state index contributed by atoms with van der Waals surface area (Å²) in [5.74, 6) is 1.33. The predicted octanol–water partition coefficient (Wildman–Crippen LogP) is 2.45. The van der Waals surface area contributed by atoms with Crippen molar-refractivity contribution < 1.29 is 14.3 Å². The van der Waals surface area contributed by atoms with Crippen LogP contribution in [0.2, 0.25) is 0 Å². The first-order valence-corrected chi connectivity index (χ1v) is 9.36. The van der Waals surface area contributed by atoms with Crippen LogP contribution in [0.25, 0.3) is 11.2 Å². The van der Waals surface area contributed by atoms with Gasteiger partial charge in [-0.25, -0.2) is 9.97 Å². The minimum atomic E-state index is -0.0396. The number of nitrogens with one attached hydrogen (secondary N) is 1. The van der Waals surface area contributed by atoms with Gasteiger partial charge in [0.2, 0.25) is 0 Å². The van der Waals surface area contributed by atoms with Crippen molar-refractivity contribution in [1.82, 2.24) is 25.1 Å². The molecule has 1 unspecified atom stereocenters. The van der Waals surface area contributed by atoms with Gasteiger partial charge in [-0.2, -0.15) is 5.10 Å². The fourth-order valence-corrected chi connectivity index (χ4v) is 3.62. The Morgan fingerprint density at radius 2 is 2.14 bits per heavy atom. The number of hydrogen-bond donors (Lipinski definition) is 1. The third-order valence-corrected chi connectivity index (χ3v) is 5.07. The van der Waals surface area contributed by atoms with Crippen molar-refractivity contribution >= 4 is 17.1 Å². The molecule has 1 N–H and O–H groups in total. The summed E-state index contributed by atoms with van der Waals surface area (Å²) in [7, 11) is 1.59. The van der Waals surface area contributed by atoms with Crippen molar-refractivity contribution in [3.8, 4) is 11.5 Å². The number of hydrogen-bond acceptors (Lipinski definition) is 6. The molecule has 1 aliphatic rings. The fourth-order valence-electron chi connectivity index (χ4n) is 3.62. The maximum absolute atomic E-state index is 12.7. The van der Waals surface area contributed by atoms with Gasteiger partial charge in [0.1, 0.15) is 5.52 Å². The molecule has 4 rings (SSSR count).